The van der Waals surface area contributed by atoms with E-state index >= 15 is 4.39 Å². The molecule has 2 fully saturated rings. The van der Waals surface area contributed by atoms with Gasteiger partial charge >= 0.3 is 5.97 Å². The molecule has 0 bridgehead atoms. The van der Waals surface area contributed by atoms with Crippen LogP contribution >= 0.6 is 0 Å². The van der Waals surface area contributed by atoms with Gasteiger partial charge in [-0.25, -0.2) is 9.37 Å². The van der Waals surface area contributed by atoms with Crippen LogP contribution in [0.1, 0.15) is 77.8 Å². The number of Topliss-reactive ketones (excluding diaryl/α,β-unsaturated/α-hetero) is 1. The number of esters is 1. The molecule has 37 heavy (non-hydrogen) atoms. The van der Waals surface area contributed by atoms with Crippen LogP contribution in [0.3, 0.4) is 0 Å². The topological polar surface area (TPSA) is 122 Å². The molecule has 2 unspecified atom stereocenters. The molecule has 0 saturated carbocycles. The number of ketones is 1. The first kappa shape index (κ1) is 29.2. The average Bonchev–Trinajstić information content (AvgIpc) is 3.27. The lowest BCUT2D eigenvalue weighted by Gasteiger charge is -2.35. The number of carbonyl (C=O) groups is 2. The molecule has 8 nitrogen and oxygen atoms in total. The zero-order chi connectivity index (χ0) is 27.5. The number of rotatable bonds is 4. The Morgan fingerprint density at radius 3 is 2.62 bits per heavy atom. The summed E-state index contributed by atoms with van der Waals surface area (Å²) in [7, 11) is 0. The number of fused-ring (bicyclic) bond motifs is 1. The van der Waals surface area contributed by atoms with Crippen molar-refractivity contribution >= 4 is 17.8 Å². The van der Waals surface area contributed by atoms with Gasteiger partial charge in [0.25, 0.3) is 0 Å². The van der Waals surface area contributed by atoms with Crippen LogP contribution < -0.4 is 0 Å². The average molecular weight is 522 g/mol. The van der Waals surface area contributed by atoms with Crippen molar-refractivity contribution < 1.29 is 38.1 Å². The third-order valence-electron chi connectivity index (χ3n) is 7.88. The molecule has 0 radical (unpaired) electrons. The first-order chi connectivity index (χ1) is 17.3. The Morgan fingerprint density at radius 1 is 1.30 bits per heavy atom. The molecule has 2 aliphatic heterocycles. The first-order valence-corrected chi connectivity index (χ1v) is 13.0. The number of aliphatic hydroxyl groups is 2. The predicted octanol–water partition coefficient (Wildman–Crippen LogP) is 4.47. The van der Waals surface area contributed by atoms with Gasteiger partial charge in [-0.15, -0.1) is 6.58 Å². The van der Waals surface area contributed by atoms with Crippen LogP contribution in [-0.4, -0.2) is 57.0 Å². The van der Waals surface area contributed by atoms with Gasteiger partial charge in [0.15, 0.2) is 12.0 Å². The Kier molecular flexibility index (Phi) is 9.14. The molecule has 0 aliphatic carbocycles. The summed E-state index contributed by atoms with van der Waals surface area (Å²) in [6.07, 6.45) is 2.03. The van der Waals surface area contributed by atoms with E-state index in [9.17, 15) is 19.8 Å². The molecule has 1 aromatic heterocycles. The largest absolute Gasteiger partial charge is 0.455 e. The Labute approximate surface area is 217 Å². The number of oxazole rings is 1. The maximum Gasteiger partial charge on any atom is 0.309 e. The lowest BCUT2D eigenvalue weighted by Crippen LogP contribution is -2.46. The lowest BCUT2D eigenvalue weighted by molar-refractivity contribution is -0.155. The smallest absolute Gasteiger partial charge is 0.309 e. The van der Waals surface area contributed by atoms with Crippen molar-refractivity contribution in [3.63, 3.8) is 0 Å². The summed E-state index contributed by atoms with van der Waals surface area (Å²) in [6, 6.07) is 0. The summed E-state index contributed by atoms with van der Waals surface area (Å²) in [5, 5.41) is 22.0. The van der Waals surface area contributed by atoms with Crippen LogP contribution in [0.15, 0.2) is 29.2 Å². The highest BCUT2D eigenvalue weighted by atomic mass is 19.1. The maximum absolute atomic E-state index is 15.3. The quantitative estimate of drug-likeness (QED) is 0.338. The van der Waals surface area contributed by atoms with E-state index in [2.05, 4.69) is 11.6 Å². The number of aryl methyl sites for hydroxylation is 1. The second kappa shape index (κ2) is 11.6. The van der Waals surface area contributed by atoms with Crippen molar-refractivity contribution in [2.75, 3.05) is 0 Å². The van der Waals surface area contributed by atoms with Crippen molar-refractivity contribution in [3.8, 4) is 0 Å². The van der Waals surface area contributed by atoms with Gasteiger partial charge in [-0.3, -0.25) is 9.59 Å². The van der Waals surface area contributed by atoms with E-state index in [-0.39, 0.29) is 36.3 Å². The fourth-order valence-electron chi connectivity index (χ4n) is 5.09. The number of nitrogens with zero attached hydrogens (tertiary/aromatic N) is 1. The zero-order valence-electron chi connectivity index (χ0n) is 22.4. The second-order valence-electron chi connectivity index (χ2n) is 11.3. The van der Waals surface area contributed by atoms with E-state index in [1.54, 1.807) is 13.0 Å². The Bertz CT molecular complexity index is 1020. The van der Waals surface area contributed by atoms with Gasteiger partial charge in [0.05, 0.1) is 35.7 Å². The number of epoxide rings is 1. The fourth-order valence-corrected chi connectivity index (χ4v) is 5.09. The normalized spacial score (nSPS) is 35.9. The summed E-state index contributed by atoms with van der Waals surface area (Å²) in [4.78, 5) is 30.4. The van der Waals surface area contributed by atoms with Gasteiger partial charge in [0.1, 0.15) is 23.6 Å². The first-order valence-electron chi connectivity index (χ1n) is 13.0. The van der Waals surface area contributed by atoms with Crippen LogP contribution in [0.4, 0.5) is 4.39 Å². The van der Waals surface area contributed by atoms with Crippen molar-refractivity contribution in [3.05, 3.63) is 36.3 Å². The maximum atomic E-state index is 15.3. The Morgan fingerprint density at radius 2 is 2.00 bits per heavy atom. The van der Waals surface area contributed by atoms with Gasteiger partial charge < -0.3 is 24.1 Å². The number of allylic oxidation sites excluding steroid dienone is 1. The number of ether oxygens (including phenoxy) is 2. The summed E-state index contributed by atoms with van der Waals surface area (Å²) < 4.78 is 31.8. The summed E-state index contributed by atoms with van der Waals surface area (Å²) in [5.41, 5.74) is -1.61. The number of halogens is 1. The van der Waals surface area contributed by atoms with Crippen LogP contribution in [0, 0.1) is 24.2 Å². The fraction of sp³-hybridized carbons (Fsp3) is 0.679. The molecular formula is C28H40FNO7. The monoisotopic (exact) mass is 521 g/mol. The molecule has 3 heterocycles. The van der Waals surface area contributed by atoms with Crippen molar-refractivity contribution in [2.24, 2.45) is 17.3 Å². The number of aromatic nitrogens is 1. The van der Waals surface area contributed by atoms with Gasteiger partial charge in [-0.2, -0.15) is 0 Å². The highest BCUT2D eigenvalue weighted by Gasteiger charge is 2.53. The molecule has 1 aromatic rings. The standard InChI is InChI=1S/C28H40FNO7/c1-7-9-19-25(33)16(2)10-8-11-28(6)23(37-28)13-21(20(29)12-18-15-35-17(3)30-18)36-24(32)14-22(31)27(4,5)26(19)34/h7,12,15-16,19,21-23,25,31,33H,1,8-11,13-14H2,2-6H3/t16-,19+,21-,22-,23?,25+,28?/m0/s1. The minimum atomic E-state index is -1.40. The SMILES string of the molecule is C=CC[C@H]1C(=O)C(C)(C)[C@@H](O)CC(=O)O[C@H](C(F)=Cc2coc(C)n2)CC2OC2(C)CCC[C@H](C)[C@H]1O. The van der Waals surface area contributed by atoms with Gasteiger partial charge in [-0.05, 0) is 32.1 Å². The summed E-state index contributed by atoms with van der Waals surface area (Å²) >= 11 is 0. The zero-order valence-corrected chi connectivity index (χ0v) is 22.4. The minimum absolute atomic E-state index is 0.0966. The summed E-state index contributed by atoms with van der Waals surface area (Å²) in [5.74, 6) is -2.51. The number of cyclic esters (lactones) is 1. The molecule has 0 spiro atoms. The number of aliphatic hydroxyl groups excluding tert-OH is 2. The lowest BCUT2D eigenvalue weighted by atomic mass is 9.71. The van der Waals surface area contributed by atoms with E-state index in [4.69, 9.17) is 13.9 Å². The Hall–Kier alpha value is -2.36. The third kappa shape index (κ3) is 6.94. The third-order valence-corrected chi connectivity index (χ3v) is 7.88. The van der Waals surface area contributed by atoms with Crippen LogP contribution in [0.5, 0.6) is 0 Å². The van der Waals surface area contributed by atoms with E-state index in [0.29, 0.717) is 18.7 Å². The number of hydrogen-bond acceptors (Lipinski definition) is 8. The predicted molar refractivity (Wildman–Crippen MR) is 135 cm³/mol. The highest BCUT2D eigenvalue weighted by Crippen LogP contribution is 2.45. The molecule has 2 N–H and O–H groups in total. The molecule has 0 amide bonds. The number of hydrogen-bond donors (Lipinski definition) is 2. The molecule has 3 rings (SSSR count). The summed E-state index contributed by atoms with van der Waals surface area (Å²) in [6.45, 7) is 12.3. The molecule has 0 aromatic carbocycles. The van der Waals surface area contributed by atoms with Gasteiger partial charge in [0, 0.05) is 25.3 Å². The molecule has 7 atom stereocenters. The number of carbonyl (C=O) groups excluding carboxylic acids is 2. The van der Waals surface area contributed by atoms with E-state index < -0.39 is 53.5 Å². The van der Waals surface area contributed by atoms with Crippen molar-refractivity contribution in [1.82, 2.24) is 4.98 Å². The Balaban J connectivity index is 1.88. The molecule has 206 valence electrons. The van der Waals surface area contributed by atoms with E-state index in [1.165, 1.54) is 20.1 Å². The van der Waals surface area contributed by atoms with Crippen LogP contribution in [0.25, 0.3) is 6.08 Å². The van der Waals surface area contributed by atoms with Crippen molar-refractivity contribution in [1.29, 1.82) is 0 Å². The second-order valence-corrected chi connectivity index (χ2v) is 11.3. The van der Waals surface area contributed by atoms with Gasteiger partial charge in [0.2, 0.25) is 0 Å². The minimum Gasteiger partial charge on any atom is -0.455 e. The van der Waals surface area contributed by atoms with Crippen LogP contribution in [0.2, 0.25) is 0 Å². The molecule has 2 saturated heterocycles. The van der Waals surface area contributed by atoms with Crippen LogP contribution in [-0.2, 0) is 19.1 Å². The van der Waals surface area contributed by atoms with E-state index in [1.807, 2.05) is 13.8 Å². The van der Waals surface area contributed by atoms with Crippen molar-refractivity contribution in [2.45, 2.75) is 103 Å². The molecular weight excluding hydrogens is 481 g/mol. The highest BCUT2D eigenvalue weighted by molar-refractivity contribution is 5.88. The molecule has 9 heteroatoms. The van der Waals surface area contributed by atoms with E-state index in [0.717, 1.165) is 12.5 Å². The van der Waals surface area contributed by atoms with Gasteiger partial charge in [-0.1, -0.05) is 33.3 Å². The molecule has 2 aliphatic rings.